The summed E-state index contributed by atoms with van der Waals surface area (Å²) in [4.78, 5) is 0. The summed E-state index contributed by atoms with van der Waals surface area (Å²) in [5.74, 6) is 0.330. The van der Waals surface area contributed by atoms with Crippen LogP contribution in [0.3, 0.4) is 0 Å². The first-order valence-electron chi connectivity index (χ1n) is 6.71. The van der Waals surface area contributed by atoms with Crippen molar-refractivity contribution in [2.24, 2.45) is 11.8 Å². The molecule has 1 N–H and O–H groups in total. The molecule has 20 heavy (non-hydrogen) atoms. The van der Waals surface area contributed by atoms with E-state index in [4.69, 9.17) is 11.6 Å². The van der Waals surface area contributed by atoms with Crippen LogP contribution < -0.4 is 5.32 Å². The molecule has 6 heteroatoms. The van der Waals surface area contributed by atoms with Crippen molar-refractivity contribution in [1.29, 1.82) is 0 Å². The van der Waals surface area contributed by atoms with Crippen molar-refractivity contribution in [2.45, 2.75) is 12.8 Å². The van der Waals surface area contributed by atoms with Gasteiger partial charge in [0, 0.05) is 0 Å². The fourth-order valence-electron chi connectivity index (χ4n) is 2.85. The normalized spacial score (nSPS) is 22.9. The van der Waals surface area contributed by atoms with E-state index in [1.165, 1.54) is 6.07 Å². The van der Waals surface area contributed by atoms with Crippen molar-refractivity contribution in [2.75, 3.05) is 25.1 Å². The molecule has 3 nitrogen and oxygen atoms in total. The lowest BCUT2D eigenvalue weighted by Gasteiger charge is -2.23. The van der Waals surface area contributed by atoms with Crippen LogP contribution in [0.4, 0.5) is 4.39 Å². The molecular weight excluding hydrogens is 301 g/mol. The monoisotopic (exact) mass is 319 g/mol. The maximum atomic E-state index is 13.5. The summed E-state index contributed by atoms with van der Waals surface area (Å²) in [6, 6.07) is 4.77. The number of sulfone groups is 1. The summed E-state index contributed by atoms with van der Waals surface area (Å²) >= 11 is 5.99. The van der Waals surface area contributed by atoms with Crippen molar-refractivity contribution >= 4 is 21.4 Å². The van der Waals surface area contributed by atoms with Crippen LogP contribution in [-0.4, -0.2) is 33.5 Å². The number of halogens is 2. The lowest BCUT2D eigenvalue weighted by Crippen LogP contribution is -2.28. The number of hydrogen-bond donors (Lipinski definition) is 1. The van der Waals surface area contributed by atoms with Gasteiger partial charge in [-0.15, -0.1) is 0 Å². The van der Waals surface area contributed by atoms with E-state index in [1.54, 1.807) is 12.1 Å². The molecule has 2 unspecified atom stereocenters. The molecule has 0 radical (unpaired) electrons. The van der Waals surface area contributed by atoms with E-state index in [2.05, 4.69) is 5.32 Å². The molecule has 1 aromatic rings. The molecule has 1 aliphatic rings. The second kappa shape index (κ2) is 6.41. The molecule has 1 saturated heterocycles. The third kappa shape index (κ3) is 3.71. The zero-order chi connectivity index (χ0) is 14.8. The molecule has 0 spiro atoms. The highest BCUT2D eigenvalue weighted by atomic mass is 35.5. The van der Waals surface area contributed by atoms with Crippen molar-refractivity contribution in [3.8, 4) is 0 Å². The Balaban J connectivity index is 2.16. The molecule has 1 heterocycles. The fourth-order valence-corrected chi connectivity index (χ4v) is 4.97. The van der Waals surface area contributed by atoms with Crippen molar-refractivity contribution in [1.82, 2.24) is 5.32 Å². The fraction of sp³-hybridized carbons (Fsp3) is 0.571. The maximum Gasteiger partial charge on any atom is 0.150 e. The van der Waals surface area contributed by atoms with Gasteiger partial charge >= 0.3 is 0 Å². The molecule has 0 amide bonds. The second-order valence-electron chi connectivity index (χ2n) is 5.40. The Kier molecular flexibility index (Phi) is 5.04. The van der Waals surface area contributed by atoms with Gasteiger partial charge in [-0.3, -0.25) is 0 Å². The van der Waals surface area contributed by atoms with Gasteiger partial charge in [0.05, 0.1) is 16.5 Å². The van der Waals surface area contributed by atoms with Crippen LogP contribution in [0, 0.1) is 17.7 Å². The molecule has 2 atom stereocenters. The van der Waals surface area contributed by atoms with Gasteiger partial charge < -0.3 is 5.32 Å². The van der Waals surface area contributed by atoms with E-state index >= 15 is 0 Å². The van der Waals surface area contributed by atoms with E-state index < -0.39 is 15.7 Å². The highest BCUT2D eigenvalue weighted by Crippen LogP contribution is 2.30. The van der Waals surface area contributed by atoms with E-state index in [-0.39, 0.29) is 28.4 Å². The Morgan fingerprint density at radius 3 is 2.85 bits per heavy atom. The summed E-state index contributed by atoms with van der Waals surface area (Å²) in [5.41, 5.74) is 0.746. The third-order valence-electron chi connectivity index (χ3n) is 3.91. The lowest BCUT2D eigenvalue weighted by atomic mass is 9.86. The van der Waals surface area contributed by atoms with Crippen LogP contribution in [0.15, 0.2) is 18.2 Å². The summed E-state index contributed by atoms with van der Waals surface area (Å²) in [6.07, 6.45) is 1.28. The Labute approximate surface area is 124 Å². The molecule has 1 fully saturated rings. The zero-order valence-corrected chi connectivity index (χ0v) is 13.0. The Morgan fingerprint density at radius 1 is 1.50 bits per heavy atom. The quantitative estimate of drug-likeness (QED) is 0.906. The molecule has 0 saturated carbocycles. The van der Waals surface area contributed by atoms with Gasteiger partial charge in [-0.1, -0.05) is 23.7 Å². The van der Waals surface area contributed by atoms with Crippen molar-refractivity contribution in [3.63, 3.8) is 0 Å². The van der Waals surface area contributed by atoms with Crippen LogP contribution in [0.5, 0.6) is 0 Å². The summed E-state index contributed by atoms with van der Waals surface area (Å²) in [7, 11) is -1.07. The Hall–Kier alpha value is -0.650. The Bertz CT molecular complexity index is 577. The lowest BCUT2D eigenvalue weighted by molar-refractivity contribution is 0.351. The van der Waals surface area contributed by atoms with Gasteiger partial charge in [0.15, 0.2) is 9.84 Å². The predicted molar refractivity (Wildman–Crippen MR) is 79.3 cm³/mol. The molecule has 112 valence electrons. The second-order valence-corrected chi connectivity index (χ2v) is 8.00. The largest absolute Gasteiger partial charge is 0.319 e. The summed E-state index contributed by atoms with van der Waals surface area (Å²) in [5, 5.41) is 3.24. The number of nitrogens with one attached hydrogen (secondary N) is 1. The molecule has 2 rings (SSSR count). The zero-order valence-electron chi connectivity index (χ0n) is 11.4. The van der Waals surface area contributed by atoms with Gasteiger partial charge in [0.2, 0.25) is 0 Å². The van der Waals surface area contributed by atoms with Gasteiger partial charge in [-0.05, 0) is 49.9 Å². The molecule has 1 aromatic carbocycles. The van der Waals surface area contributed by atoms with Crippen LogP contribution in [0.1, 0.15) is 12.0 Å². The first-order valence-corrected chi connectivity index (χ1v) is 8.91. The van der Waals surface area contributed by atoms with Gasteiger partial charge in [-0.25, -0.2) is 12.8 Å². The number of benzene rings is 1. The topological polar surface area (TPSA) is 46.2 Å². The highest BCUT2D eigenvalue weighted by molar-refractivity contribution is 7.91. The van der Waals surface area contributed by atoms with Crippen molar-refractivity contribution in [3.05, 3.63) is 34.6 Å². The van der Waals surface area contributed by atoms with Crippen molar-refractivity contribution < 1.29 is 12.8 Å². The standard InChI is InChI=1S/C14H19ClFNO2S/c1-17-8-12(11-5-6-20(18,19)9-11)7-10-3-2-4-13(16)14(10)15/h2-4,11-12,17H,5-9H2,1H3. The van der Waals surface area contributed by atoms with Crippen LogP contribution in [0.2, 0.25) is 5.02 Å². The minimum Gasteiger partial charge on any atom is -0.319 e. The van der Waals surface area contributed by atoms with E-state index in [9.17, 15) is 12.8 Å². The highest BCUT2D eigenvalue weighted by Gasteiger charge is 2.33. The minimum atomic E-state index is -2.90. The first-order chi connectivity index (χ1) is 9.43. The van der Waals surface area contributed by atoms with Crippen LogP contribution in [0.25, 0.3) is 0 Å². The van der Waals surface area contributed by atoms with E-state index in [1.807, 2.05) is 7.05 Å². The number of rotatable bonds is 5. The Morgan fingerprint density at radius 2 is 2.25 bits per heavy atom. The molecule has 0 aromatic heterocycles. The van der Waals surface area contributed by atoms with E-state index in [0.29, 0.717) is 19.4 Å². The average Bonchev–Trinajstić information content (AvgIpc) is 2.74. The van der Waals surface area contributed by atoms with Crippen LogP contribution in [-0.2, 0) is 16.3 Å². The number of hydrogen-bond acceptors (Lipinski definition) is 3. The molecule has 0 aliphatic carbocycles. The minimum absolute atomic E-state index is 0.117. The summed E-state index contributed by atoms with van der Waals surface area (Å²) < 4.78 is 36.7. The van der Waals surface area contributed by atoms with Gasteiger partial charge in [-0.2, -0.15) is 0 Å². The average molecular weight is 320 g/mol. The maximum absolute atomic E-state index is 13.5. The third-order valence-corrected chi connectivity index (χ3v) is 6.13. The molecule has 0 bridgehead atoms. The molecular formula is C14H19ClFNO2S. The summed E-state index contributed by atoms with van der Waals surface area (Å²) in [6.45, 7) is 0.701. The smallest absolute Gasteiger partial charge is 0.150 e. The van der Waals surface area contributed by atoms with Crippen LogP contribution >= 0.6 is 11.6 Å². The van der Waals surface area contributed by atoms with Gasteiger partial charge in [0.25, 0.3) is 0 Å². The predicted octanol–water partition coefficient (Wildman–Crippen LogP) is 2.29. The van der Waals surface area contributed by atoms with Gasteiger partial charge in [0.1, 0.15) is 5.82 Å². The molecule has 1 aliphatic heterocycles. The SMILES string of the molecule is CNCC(Cc1cccc(F)c1Cl)C1CCS(=O)(=O)C1. The first kappa shape index (κ1) is 15.7. The van der Waals surface area contributed by atoms with E-state index in [0.717, 1.165) is 5.56 Å².